The third-order valence-electron chi connectivity index (χ3n) is 3.07. The Hall–Kier alpha value is -2.06. The maximum atomic E-state index is 11.7. The lowest BCUT2D eigenvalue weighted by atomic mass is 10.3. The summed E-state index contributed by atoms with van der Waals surface area (Å²) in [5.41, 5.74) is 0.607. The lowest BCUT2D eigenvalue weighted by Gasteiger charge is -2.08. The number of nitrogens with one attached hydrogen (secondary N) is 2. The maximum Gasteiger partial charge on any atom is 0.238 e. The highest BCUT2D eigenvalue weighted by Crippen LogP contribution is 2.22. The van der Waals surface area contributed by atoms with E-state index in [0.717, 1.165) is 5.75 Å². The molecule has 9 heteroatoms. The topological polar surface area (TPSA) is 81.7 Å². The van der Waals surface area contributed by atoms with Gasteiger partial charge in [-0.15, -0.1) is 24.8 Å². The van der Waals surface area contributed by atoms with Gasteiger partial charge in [-0.25, -0.2) is 4.98 Å². The smallest absolute Gasteiger partial charge is 0.238 e. The van der Waals surface area contributed by atoms with E-state index in [4.69, 9.17) is 14.2 Å². The fourth-order valence-electron chi connectivity index (χ4n) is 1.86. The summed E-state index contributed by atoms with van der Waals surface area (Å²) >= 11 is 0. The number of pyridine rings is 1. The quantitative estimate of drug-likeness (QED) is 0.626. The van der Waals surface area contributed by atoms with Crippen LogP contribution >= 0.6 is 24.8 Å². The summed E-state index contributed by atoms with van der Waals surface area (Å²) < 4.78 is 15.6. The van der Waals surface area contributed by atoms with Crippen molar-refractivity contribution in [1.29, 1.82) is 0 Å². The predicted octanol–water partition coefficient (Wildman–Crippen LogP) is 2.90. The molecule has 26 heavy (non-hydrogen) atoms. The van der Waals surface area contributed by atoms with Crippen LogP contribution in [-0.4, -0.2) is 44.8 Å². The summed E-state index contributed by atoms with van der Waals surface area (Å²) in [6.07, 6.45) is 1.55. The fourth-order valence-corrected chi connectivity index (χ4v) is 1.86. The molecule has 0 unspecified atom stereocenters. The largest absolute Gasteiger partial charge is 0.497 e. The second-order valence-electron chi connectivity index (χ2n) is 4.88. The standard InChI is InChI=1S/C17H21N3O4.2ClH/c1-22-10-9-18-12-16(21)20-13-3-8-17(19-11-13)24-15-6-4-14(23-2)5-7-15;;/h3-8,11,18H,9-10,12H2,1-2H3,(H,20,21);2*1H. The van der Waals surface area contributed by atoms with Gasteiger partial charge in [0.15, 0.2) is 0 Å². The van der Waals surface area contributed by atoms with Crippen molar-refractivity contribution >= 4 is 36.4 Å². The molecule has 0 aliphatic heterocycles. The Labute approximate surface area is 165 Å². The number of hydrogen-bond acceptors (Lipinski definition) is 6. The van der Waals surface area contributed by atoms with E-state index in [1.54, 1.807) is 56.8 Å². The van der Waals surface area contributed by atoms with E-state index in [0.29, 0.717) is 30.5 Å². The minimum Gasteiger partial charge on any atom is -0.497 e. The number of carbonyl (C=O) groups excluding carboxylic acids is 1. The first-order chi connectivity index (χ1) is 11.7. The van der Waals surface area contributed by atoms with Crippen LogP contribution in [-0.2, 0) is 9.53 Å². The van der Waals surface area contributed by atoms with Gasteiger partial charge in [-0.2, -0.15) is 0 Å². The van der Waals surface area contributed by atoms with Crippen LogP contribution in [0.2, 0.25) is 0 Å². The number of carbonyl (C=O) groups is 1. The minimum atomic E-state index is -0.142. The van der Waals surface area contributed by atoms with Crippen molar-refractivity contribution in [2.75, 3.05) is 39.2 Å². The van der Waals surface area contributed by atoms with Gasteiger partial charge in [0.2, 0.25) is 11.8 Å². The molecule has 0 saturated carbocycles. The molecule has 0 atom stereocenters. The molecule has 1 heterocycles. The lowest BCUT2D eigenvalue weighted by Crippen LogP contribution is -2.30. The first-order valence-electron chi connectivity index (χ1n) is 7.48. The Bertz CT molecular complexity index is 639. The summed E-state index contributed by atoms with van der Waals surface area (Å²) in [6.45, 7) is 1.40. The highest BCUT2D eigenvalue weighted by atomic mass is 35.5. The van der Waals surface area contributed by atoms with Crippen LogP contribution in [0.5, 0.6) is 17.4 Å². The normalized spacial score (nSPS) is 9.46. The van der Waals surface area contributed by atoms with E-state index in [1.807, 2.05) is 0 Å². The van der Waals surface area contributed by atoms with Crippen LogP contribution in [0.15, 0.2) is 42.6 Å². The monoisotopic (exact) mass is 403 g/mol. The van der Waals surface area contributed by atoms with Gasteiger partial charge in [-0.3, -0.25) is 4.79 Å². The number of nitrogens with zero attached hydrogens (tertiary/aromatic N) is 1. The number of halogens is 2. The van der Waals surface area contributed by atoms with Crippen molar-refractivity contribution in [3.8, 4) is 17.4 Å². The Morgan fingerprint density at radius 3 is 2.31 bits per heavy atom. The maximum absolute atomic E-state index is 11.7. The van der Waals surface area contributed by atoms with E-state index in [2.05, 4.69) is 15.6 Å². The summed E-state index contributed by atoms with van der Waals surface area (Å²) in [6, 6.07) is 10.6. The van der Waals surface area contributed by atoms with Crippen molar-refractivity contribution in [2.45, 2.75) is 0 Å². The van der Waals surface area contributed by atoms with Gasteiger partial charge in [-0.05, 0) is 30.3 Å². The number of rotatable bonds is 9. The molecule has 0 fully saturated rings. The number of benzene rings is 1. The molecule has 2 N–H and O–H groups in total. The van der Waals surface area contributed by atoms with Crippen molar-refractivity contribution in [2.24, 2.45) is 0 Å². The lowest BCUT2D eigenvalue weighted by molar-refractivity contribution is -0.115. The van der Waals surface area contributed by atoms with E-state index in [9.17, 15) is 4.79 Å². The molecule has 0 saturated heterocycles. The fraction of sp³-hybridized carbons (Fsp3) is 0.294. The third-order valence-corrected chi connectivity index (χ3v) is 3.07. The van der Waals surface area contributed by atoms with Gasteiger partial charge >= 0.3 is 0 Å². The predicted molar refractivity (Wildman–Crippen MR) is 105 cm³/mol. The molecule has 2 rings (SSSR count). The van der Waals surface area contributed by atoms with Crippen LogP contribution in [0.4, 0.5) is 5.69 Å². The zero-order chi connectivity index (χ0) is 17.2. The second kappa shape index (κ2) is 13.2. The van der Waals surface area contributed by atoms with E-state index in [1.165, 1.54) is 0 Å². The molecule has 1 aromatic heterocycles. The van der Waals surface area contributed by atoms with Crippen molar-refractivity contribution < 1.29 is 19.0 Å². The zero-order valence-corrected chi connectivity index (χ0v) is 16.2. The molecule has 7 nitrogen and oxygen atoms in total. The van der Waals surface area contributed by atoms with Crippen molar-refractivity contribution in [3.63, 3.8) is 0 Å². The highest BCUT2D eigenvalue weighted by molar-refractivity contribution is 5.92. The van der Waals surface area contributed by atoms with Crippen molar-refractivity contribution in [1.82, 2.24) is 10.3 Å². The molecule has 0 aliphatic carbocycles. The number of methoxy groups -OCH3 is 2. The van der Waals surface area contributed by atoms with Gasteiger partial charge in [0, 0.05) is 19.7 Å². The van der Waals surface area contributed by atoms with Crippen LogP contribution < -0.4 is 20.1 Å². The molecule has 0 radical (unpaired) electrons. The first-order valence-corrected chi connectivity index (χ1v) is 7.48. The molecule has 0 spiro atoms. The highest BCUT2D eigenvalue weighted by Gasteiger charge is 2.04. The Kier molecular flexibility index (Phi) is 12.1. The summed E-state index contributed by atoms with van der Waals surface area (Å²) in [4.78, 5) is 15.9. The van der Waals surface area contributed by atoms with Crippen LogP contribution in [0.3, 0.4) is 0 Å². The molecule has 144 valence electrons. The molecule has 1 amide bonds. The van der Waals surface area contributed by atoms with E-state index >= 15 is 0 Å². The number of anilines is 1. The average Bonchev–Trinajstić information content (AvgIpc) is 2.61. The molecule has 2 aromatic rings. The molecule has 1 aromatic carbocycles. The van der Waals surface area contributed by atoms with Crippen LogP contribution in [0, 0.1) is 0 Å². The number of hydrogen-bond donors (Lipinski definition) is 2. The summed E-state index contributed by atoms with van der Waals surface area (Å²) in [5, 5.41) is 5.72. The number of amides is 1. The van der Waals surface area contributed by atoms with Crippen LogP contribution in [0.25, 0.3) is 0 Å². The van der Waals surface area contributed by atoms with E-state index < -0.39 is 0 Å². The van der Waals surface area contributed by atoms with Gasteiger partial charge in [0.05, 0.1) is 32.1 Å². The molecule has 0 aliphatic rings. The third kappa shape index (κ3) is 8.35. The van der Waals surface area contributed by atoms with E-state index in [-0.39, 0.29) is 37.3 Å². The molecular weight excluding hydrogens is 381 g/mol. The average molecular weight is 404 g/mol. The zero-order valence-electron chi connectivity index (χ0n) is 14.6. The first kappa shape index (κ1) is 23.9. The summed E-state index contributed by atoms with van der Waals surface area (Å²) in [5.74, 6) is 1.71. The van der Waals surface area contributed by atoms with Gasteiger partial charge in [0.1, 0.15) is 11.5 Å². The van der Waals surface area contributed by atoms with Gasteiger partial charge < -0.3 is 24.8 Å². The summed E-state index contributed by atoms with van der Waals surface area (Å²) in [7, 11) is 3.22. The Morgan fingerprint density at radius 1 is 1.04 bits per heavy atom. The minimum absolute atomic E-state index is 0. The van der Waals surface area contributed by atoms with Gasteiger partial charge in [-0.1, -0.05) is 0 Å². The van der Waals surface area contributed by atoms with Crippen LogP contribution in [0.1, 0.15) is 0 Å². The number of ether oxygens (including phenoxy) is 3. The SMILES string of the molecule is COCCNCC(=O)Nc1ccc(Oc2ccc(OC)cc2)nc1.Cl.Cl. The Balaban J connectivity index is 0.00000312. The molecular formula is C17H23Cl2N3O4. The second-order valence-corrected chi connectivity index (χ2v) is 4.88. The Morgan fingerprint density at radius 2 is 1.73 bits per heavy atom. The molecule has 0 bridgehead atoms. The van der Waals surface area contributed by atoms with Gasteiger partial charge in [0.25, 0.3) is 0 Å². The number of aromatic nitrogens is 1. The van der Waals surface area contributed by atoms with Crippen molar-refractivity contribution in [3.05, 3.63) is 42.6 Å².